The van der Waals surface area contributed by atoms with Gasteiger partial charge in [0.15, 0.2) is 15.8 Å². The van der Waals surface area contributed by atoms with Crippen LogP contribution in [0.15, 0.2) is 35.3 Å². The van der Waals surface area contributed by atoms with Crippen LogP contribution in [0.3, 0.4) is 0 Å². The van der Waals surface area contributed by atoms with Crippen molar-refractivity contribution in [3.8, 4) is 0 Å². The van der Waals surface area contributed by atoms with E-state index in [2.05, 4.69) is 15.6 Å². The Morgan fingerprint density at radius 3 is 2.38 bits per heavy atom. The highest BCUT2D eigenvalue weighted by atomic mass is 32.2. The molecular formula is C18H31N3O4S. The van der Waals surface area contributed by atoms with Gasteiger partial charge >= 0.3 is 0 Å². The maximum absolute atomic E-state index is 12.1. The smallest absolute Gasteiger partial charge is 0.190 e. The van der Waals surface area contributed by atoms with Gasteiger partial charge in [0.25, 0.3) is 0 Å². The highest BCUT2D eigenvalue weighted by Gasteiger charge is 2.11. The molecule has 0 unspecified atom stereocenters. The fourth-order valence-electron chi connectivity index (χ4n) is 2.25. The van der Waals surface area contributed by atoms with E-state index in [9.17, 15) is 8.42 Å². The predicted molar refractivity (Wildman–Crippen MR) is 105 cm³/mol. The number of sulfone groups is 1. The van der Waals surface area contributed by atoms with Crippen LogP contribution in [0.1, 0.15) is 18.4 Å². The van der Waals surface area contributed by atoms with Crippen LogP contribution < -0.4 is 10.6 Å². The van der Waals surface area contributed by atoms with E-state index in [0.29, 0.717) is 38.7 Å². The lowest BCUT2D eigenvalue weighted by molar-refractivity contribution is 0.0698. The van der Waals surface area contributed by atoms with Gasteiger partial charge in [0.05, 0.1) is 24.7 Å². The van der Waals surface area contributed by atoms with E-state index in [1.807, 2.05) is 30.3 Å². The van der Waals surface area contributed by atoms with E-state index < -0.39 is 9.84 Å². The van der Waals surface area contributed by atoms with Crippen LogP contribution in [0, 0.1) is 0 Å². The topological polar surface area (TPSA) is 89.0 Å². The molecule has 0 saturated carbocycles. The predicted octanol–water partition coefficient (Wildman–Crippen LogP) is 1.21. The van der Waals surface area contributed by atoms with Gasteiger partial charge < -0.3 is 20.1 Å². The first-order valence-electron chi connectivity index (χ1n) is 8.83. The number of rotatable bonds is 13. The van der Waals surface area contributed by atoms with Gasteiger partial charge in [-0.2, -0.15) is 0 Å². The monoisotopic (exact) mass is 385 g/mol. The van der Waals surface area contributed by atoms with Crippen molar-refractivity contribution in [2.45, 2.75) is 18.6 Å². The van der Waals surface area contributed by atoms with Gasteiger partial charge in [0.1, 0.15) is 0 Å². The molecule has 0 bridgehead atoms. The number of aliphatic imine (C=N–C) groups is 1. The zero-order valence-electron chi connectivity index (χ0n) is 15.7. The highest BCUT2D eigenvalue weighted by Crippen LogP contribution is 2.06. The third-order valence-electron chi connectivity index (χ3n) is 3.57. The molecule has 0 aromatic heterocycles. The van der Waals surface area contributed by atoms with Gasteiger partial charge in [-0.3, -0.25) is 4.99 Å². The maximum atomic E-state index is 12.1. The quantitative estimate of drug-likeness (QED) is 0.301. The molecule has 0 atom stereocenters. The van der Waals surface area contributed by atoms with Crippen molar-refractivity contribution < 1.29 is 17.9 Å². The summed E-state index contributed by atoms with van der Waals surface area (Å²) in [5.41, 5.74) is 0.825. The normalized spacial score (nSPS) is 12.2. The number of guanidine groups is 1. The summed E-state index contributed by atoms with van der Waals surface area (Å²) in [5.74, 6) is 0.908. The van der Waals surface area contributed by atoms with Crippen LogP contribution in [-0.2, 0) is 25.1 Å². The molecule has 1 rings (SSSR count). The zero-order chi connectivity index (χ0) is 19.1. The molecule has 0 fully saturated rings. The summed E-state index contributed by atoms with van der Waals surface area (Å²) in [7, 11) is 0.239. The number of ether oxygens (including phenoxy) is 2. The number of nitrogens with one attached hydrogen (secondary N) is 2. The standard InChI is InChI=1S/C18H31N3O4S/c1-19-18(20-10-6-12-25-14-13-24-2)21-11-7-15-26(22,23)16-17-8-4-3-5-9-17/h3-5,8-9H,6-7,10-16H2,1-2H3,(H2,19,20,21). The lowest BCUT2D eigenvalue weighted by Gasteiger charge is -2.12. The van der Waals surface area contributed by atoms with Crippen molar-refractivity contribution in [3.63, 3.8) is 0 Å². The Morgan fingerprint density at radius 1 is 1.04 bits per heavy atom. The van der Waals surface area contributed by atoms with Crippen LogP contribution in [0.5, 0.6) is 0 Å². The molecule has 2 N–H and O–H groups in total. The fraction of sp³-hybridized carbons (Fsp3) is 0.611. The molecular weight excluding hydrogens is 354 g/mol. The van der Waals surface area contributed by atoms with E-state index in [1.54, 1.807) is 14.2 Å². The Kier molecular flexibility index (Phi) is 11.7. The van der Waals surface area contributed by atoms with Crippen molar-refractivity contribution in [1.82, 2.24) is 10.6 Å². The molecule has 26 heavy (non-hydrogen) atoms. The first-order chi connectivity index (χ1) is 12.6. The average Bonchev–Trinajstić information content (AvgIpc) is 2.63. The molecule has 148 valence electrons. The Balaban J connectivity index is 2.14. The Hall–Kier alpha value is -1.64. The average molecular weight is 386 g/mol. The molecule has 0 radical (unpaired) electrons. The number of methoxy groups -OCH3 is 1. The van der Waals surface area contributed by atoms with Gasteiger partial charge in [-0.1, -0.05) is 30.3 Å². The number of benzene rings is 1. The molecule has 1 aromatic carbocycles. The Morgan fingerprint density at radius 2 is 1.73 bits per heavy atom. The largest absolute Gasteiger partial charge is 0.382 e. The van der Waals surface area contributed by atoms with Crippen molar-refractivity contribution in [2.24, 2.45) is 4.99 Å². The molecule has 8 heteroatoms. The molecule has 0 aliphatic rings. The first kappa shape index (κ1) is 22.4. The van der Waals surface area contributed by atoms with E-state index >= 15 is 0 Å². The maximum Gasteiger partial charge on any atom is 0.190 e. The summed E-state index contributed by atoms with van der Waals surface area (Å²) in [4.78, 5) is 4.12. The summed E-state index contributed by atoms with van der Waals surface area (Å²) in [6.45, 7) is 3.15. The second-order valence-corrected chi connectivity index (χ2v) is 8.00. The van der Waals surface area contributed by atoms with Crippen molar-refractivity contribution in [2.75, 3.05) is 52.8 Å². The lowest BCUT2D eigenvalue weighted by atomic mass is 10.2. The summed E-state index contributed by atoms with van der Waals surface area (Å²) in [5, 5.41) is 6.31. The van der Waals surface area contributed by atoms with E-state index in [4.69, 9.17) is 9.47 Å². The minimum atomic E-state index is -3.10. The second kappa shape index (κ2) is 13.5. The van der Waals surface area contributed by atoms with Gasteiger partial charge in [0, 0.05) is 33.9 Å². The third-order valence-corrected chi connectivity index (χ3v) is 5.25. The third kappa shape index (κ3) is 11.1. The zero-order valence-corrected chi connectivity index (χ0v) is 16.6. The first-order valence-corrected chi connectivity index (χ1v) is 10.6. The summed E-state index contributed by atoms with van der Waals surface area (Å²) < 4.78 is 34.6. The van der Waals surface area contributed by atoms with Gasteiger partial charge in [-0.25, -0.2) is 8.42 Å². The fourth-order valence-corrected chi connectivity index (χ4v) is 3.67. The van der Waals surface area contributed by atoms with E-state index in [1.165, 1.54) is 0 Å². The minimum absolute atomic E-state index is 0.0872. The van der Waals surface area contributed by atoms with Crippen LogP contribution in [-0.4, -0.2) is 67.2 Å². The van der Waals surface area contributed by atoms with Crippen LogP contribution in [0.25, 0.3) is 0 Å². The molecule has 7 nitrogen and oxygen atoms in total. The van der Waals surface area contributed by atoms with Gasteiger partial charge in [0.2, 0.25) is 0 Å². The van der Waals surface area contributed by atoms with Crippen LogP contribution in [0.4, 0.5) is 0 Å². The van der Waals surface area contributed by atoms with E-state index in [0.717, 1.165) is 18.5 Å². The van der Waals surface area contributed by atoms with Crippen molar-refractivity contribution in [3.05, 3.63) is 35.9 Å². The van der Waals surface area contributed by atoms with Crippen molar-refractivity contribution in [1.29, 1.82) is 0 Å². The Labute approximate surface area is 157 Å². The molecule has 0 aliphatic heterocycles. The minimum Gasteiger partial charge on any atom is -0.382 e. The summed E-state index contributed by atoms with van der Waals surface area (Å²) in [6, 6.07) is 9.25. The van der Waals surface area contributed by atoms with Gasteiger partial charge in [-0.05, 0) is 18.4 Å². The summed E-state index contributed by atoms with van der Waals surface area (Å²) >= 11 is 0. The molecule has 0 heterocycles. The number of nitrogens with zero attached hydrogens (tertiary/aromatic N) is 1. The number of hydrogen-bond acceptors (Lipinski definition) is 5. The molecule has 0 spiro atoms. The molecule has 0 aliphatic carbocycles. The molecule has 1 aromatic rings. The summed E-state index contributed by atoms with van der Waals surface area (Å²) in [6.07, 6.45) is 1.39. The van der Waals surface area contributed by atoms with Crippen molar-refractivity contribution >= 4 is 15.8 Å². The second-order valence-electron chi connectivity index (χ2n) is 5.82. The Bertz CT molecular complexity index is 606. The van der Waals surface area contributed by atoms with Crippen LogP contribution >= 0.6 is 0 Å². The van der Waals surface area contributed by atoms with Crippen LogP contribution in [0.2, 0.25) is 0 Å². The number of hydrogen-bond donors (Lipinski definition) is 2. The molecule has 0 saturated heterocycles. The van der Waals surface area contributed by atoms with Gasteiger partial charge in [-0.15, -0.1) is 0 Å². The van der Waals surface area contributed by atoms with E-state index in [-0.39, 0.29) is 11.5 Å². The molecule has 0 amide bonds. The lowest BCUT2D eigenvalue weighted by Crippen LogP contribution is -2.38. The highest BCUT2D eigenvalue weighted by molar-refractivity contribution is 7.90. The SMILES string of the molecule is CN=C(NCCCOCCOC)NCCCS(=O)(=O)Cc1ccccc1.